The molecule has 1 aromatic rings. The monoisotopic (exact) mass is 278 g/mol. The first-order valence-corrected chi connectivity index (χ1v) is 7.46. The van der Waals surface area contributed by atoms with E-state index in [2.05, 4.69) is 47.9 Å². The third-order valence-corrected chi connectivity index (χ3v) is 3.56. The number of aromatic nitrogens is 2. The van der Waals surface area contributed by atoms with Gasteiger partial charge < -0.3 is 10.1 Å². The van der Waals surface area contributed by atoms with Crippen molar-refractivity contribution in [3.05, 3.63) is 23.8 Å². The van der Waals surface area contributed by atoms with E-state index in [1.54, 1.807) is 0 Å². The van der Waals surface area contributed by atoms with Crippen LogP contribution in [0, 0.1) is 0 Å². The molecule has 1 fully saturated rings. The molecule has 2 rings (SSSR count). The highest BCUT2D eigenvalue weighted by molar-refractivity contribution is 5.07. The highest BCUT2D eigenvalue weighted by atomic mass is 16.5. The standard InChI is InChI=1S/C15H26N4O/c1-11(2)16-7-13-8-17-15(18-9-13)14-10-19(12(3)4)5-6-20-14/h8-9,11-12,14,16H,5-7,10H2,1-4H3. The van der Waals surface area contributed by atoms with Gasteiger partial charge in [0.15, 0.2) is 5.82 Å². The number of nitrogens with zero attached hydrogens (tertiary/aromatic N) is 3. The maximum absolute atomic E-state index is 5.80. The molecule has 20 heavy (non-hydrogen) atoms. The first-order valence-electron chi connectivity index (χ1n) is 7.46. The van der Waals surface area contributed by atoms with E-state index in [0.29, 0.717) is 12.1 Å². The molecule has 112 valence electrons. The van der Waals surface area contributed by atoms with E-state index >= 15 is 0 Å². The lowest BCUT2D eigenvalue weighted by Crippen LogP contribution is -2.42. The van der Waals surface area contributed by atoms with Crippen LogP contribution in [-0.2, 0) is 11.3 Å². The summed E-state index contributed by atoms with van der Waals surface area (Å²) >= 11 is 0. The third-order valence-electron chi connectivity index (χ3n) is 3.56. The van der Waals surface area contributed by atoms with Gasteiger partial charge in [0.25, 0.3) is 0 Å². The smallest absolute Gasteiger partial charge is 0.158 e. The van der Waals surface area contributed by atoms with E-state index in [9.17, 15) is 0 Å². The Kier molecular flexibility index (Phi) is 5.46. The minimum atomic E-state index is -0.00161. The second-order valence-electron chi connectivity index (χ2n) is 5.93. The zero-order valence-corrected chi connectivity index (χ0v) is 13.0. The first-order chi connectivity index (χ1) is 9.56. The molecule has 0 aliphatic carbocycles. The van der Waals surface area contributed by atoms with Gasteiger partial charge in [-0.3, -0.25) is 4.90 Å². The van der Waals surface area contributed by atoms with Gasteiger partial charge in [0, 0.05) is 49.7 Å². The number of hydrogen-bond donors (Lipinski definition) is 1. The molecular weight excluding hydrogens is 252 g/mol. The molecule has 1 aliphatic rings. The molecule has 1 aromatic heterocycles. The van der Waals surface area contributed by atoms with Crippen molar-refractivity contribution in [1.29, 1.82) is 0 Å². The normalized spacial score (nSPS) is 20.8. The van der Waals surface area contributed by atoms with Gasteiger partial charge in [-0.1, -0.05) is 13.8 Å². The van der Waals surface area contributed by atoms with E-state index in [0.717, 1.165) is 37.6 Å². The molecule has 1 saturated heterocycles. The predicted molar refractivity (Wildman–Crippen MR) is 79.4 cm³/mol. The number of hydrogen-bond acceptors (Lipinski definition) is 5. The summed E-state index contributed by atoms with van der Waals surface area (Å²) in [5.74, 6) is 0.795. The Morgan fingerprint density at radius 1 is 1.30 bits per heavy atom. The van der Waals surface area contributed by atoms with Gasteiger partial charge in [0.05, 0.1) is 6.61 Å². The lowest BCUT2D eigenvalue weighted by molar-refractivity contribution is -0.0443. The largest absolute Gasteiger partial charge is 0.368 e. The van der Waals surface area contributed by atoms with Crippen molar-refractivity contribution in [3.63, 3.8) is 0 Å². The van der Waals surface area contributed by atoms with Gasteiger partial charge in [0.1, 0.15) is 6.10 Å². The fourth-order valence-corrected chi connectivity index (χ4v) is 2.24. The van der Waals surface area contributed by atoms with Crippen LogP contribution >= 0.6 is 0 Å². The van der Waals surface area contributed by atoms with Crippen LogP contribution in [0.15, 0.2) is 12.4 Å². The topological polar surface area (TPSA) is 50.3 Å². The van der Waals surface area contributed by atoms with Gasteiger partial charge >= 0.3 is 0 Å². The first kappa shape index (κ1) is 15.4. The molecule has 5 nitrogen and oxygen atoms in total. The summed E-state index contributed by atoms with van der Waals surface area (Å²) in [4.78, 5) is 11.4. The van der Waals surface area contributed by atoms with Crippen LogP contribution in [-0.4, -0.2) is 46.6 Å². The van der Waals surface area contributed by atoms with Crippen molar-refractivity contribution < 1.29 is 4.74 Å². The SMILES string of the molecule is CC(C)NCc1cnc(C2CN(C(C)C)CCO2)nc1. The average Bonchev–Trinajstić information content (AvgIpc) is 2.46. The van der Waals surface area contributed by atoms with Crippen molar-refractivity contribution in [1.82, 2.24) is 20.2 Å². The fraction of sp³-hybridized carbons (Fsp3) is 0.733. The molecule has 1 unspecified atom stereocenters. The summed E-state index contributed by atoms with van der Waals surface area (Å²) < 4.78 is 5.80. The minimum absolute atomic E-state index is 0.00161. The highest BCUT2D eigenvalue weighted by Crippen LogP contribution is 2.20. The quantitative estimate of drug-likeness (QED) is 0.889. The molecule has 0 radical (unpaired) electrons. The maximum Gasteiger partial charge on any atom is 0.158 e. The summed E-state index contributed by atoms with van der Waals surface area (Å²) in [6, 6.07) is 1.01. The number of rotatable bonds is 5. The molecule has 0 aromatic carbocycles. The Labute approximate surface area is 121 Å². The van der Waals surface area contributed by atoms with Gasteiger partial charge in [-0.25, -0.2) is 9.97 Å². The lowest BCUT2D eigenvalue weighted by atomic mass is 10.2. The molecular formula is C15H26N4O. The molecule has 5 heteroatoms. The van der Waals surface area contributed by atoms with E-state index in [1.807, 2.05) is 12.4 Å². The Morgan fingerprint density at radius 3 is 2.60 bits per heavy atom. The Balaban J connectivity index is 1.95. The summed E-state index contributed by atoms with van der Waals surface area (Å²) in [5, 5.41) is 3.36. The van der Waals surface area contributed by atoms with Crippen molar-refractivity contribution in [2.75, 3.05) is 19.7 Å². The van der Waals surface area contributed by atoms with Gasteiger partial charge in [0.2, 0.25) is 0 Å². The summed E-state index contributed by atoms with van der Waals surface area (Å²) in [7, 11) is 0. The summed E-state index contributed by atoms with van der Waals surface area (Å²) in [6.07, 6.45) is 3.79. The van der Waals surface area contributed by atoms with Gasteiger partial charge in [-0.15, -0.1) is 0 Å². The van der Waals surface area contributed by atoms with E-state index in [-0.39, 0.29) is 6.10 Å². The Hall–Kier alpha value is -1.04. The van der Waals surface area contributed by atoms with Crippen LogP contribution in [0.3, 0.4) is 0 Å². The van der Waals surface area contributed by atoms with Crippen LogP contribution in [0.5, 0.6) is 0 Å². The van der Waals surface area contributed by atoms with Crippen molar-refractivity contribution in [2.24, 2.45) is 0 Å². The number of ether oxygens (including phenoxy) is 1. The van der Waals surface area contributed by atoms with Gasteiger partial charge in [-0.05, 0) is 13.8 Å². The Morgan fingerprint density at radius 2 is 2.00 bits per heavy atom. The molecule has 0 bridgehead atoms. The fourth-order valence-electron chi connectivity index (χ4n) is 2.24. The average molecular weight is 278 g/mol. The van der Waals surface area contributed by atoms with Crippen LogP contribution in [0.1, 0.15) is 45.2 Å². The van der Waals surface area contributed by atoms with E-state index in [1.165, 1.54) is 0 Å². The summed E-state index contributed by atoms with van der Waals surface area (Å²) in [6.45, 7) is 12.1. The molecule has 0 saturated carbocycles. The molecule has 1 N–H and O–H groups in total. The zero-order valence-electron chi connectivity index (χ0n) is 13.0. The second kappa shape index (κ2) is 7.11. The number of morpholine rings is 1. The third kappa shape index (κ3) is 4.23. The van der Waals surface area contributed by atoms with Crippen molar-refractivity contribution in [2.45, 2.75) is 52.4 Å². The molecule has 1 atom stereocenters. The van der Waals surface area contributed by atoms with E-state index < -0.39 is 0 Å². The molecule has 1 aliphatic heterocycles. The van der Waals surface area contributed by atoms with Crippen molar-refractivity contribution in [3.8, 4) is 0 Å². The minimum Gasteiger partial charge on any atom is -0.368 e. The van der Waals surface area contributed by atoms with Crippen molar-refractivity contribution >= 4 is 0 Å². The predicted octanol–water partition coefficient (Wildman–Crippen LogP) is 1.76. The second-order valence-corrected chi connectivity index (χ2v) is 5.93. The number of nitrogens with one attached hydrogen (secondary N) is 1. The highest BCUT2D eigenvalue weighted by Gasteiger charge is 2.25. The summed E-state index contributed by atoms with van der Waals surface area (Å²) in [5.41, 5.74) is 1.11. The Bertz CT molecular complexity index is 405. The molecule has 2 heterocycles. The molecule has 0 spiro atoms. The lowest BCUT2D eigenvalue weighted by Gasteiger charge is -2.34. The zero-order chi connectivity index (χ0) is 14.5. The molecule has 0 amide bonds. The van der Waals surface area contributed by atoms with Crippen LogP contribution in [0.4, 0.5) is 0 Å². The maximum atomic E-state index is 5.80. The van der Waals surface area contributed by atoms with Crippen LogP contribution in [0.25, 0.3) is 0 Å². The van der Waals surface area contributed by atoms with E-state index in [4.69, 9.17) is 4.74 Å². The van der Waals surface area contributed by atoms with Crippen LogP contribution < -0.4 is 5.32 Å². The van der Waals surface area contributed by atoms with Gasteiger partial charge in [-0.2, -0.15) is 0 Å². The van der Waals surface area contributed by atoms with Crippen LogP contribution in [0.2, 0.25) is 0 Å².